The van der Waals surface area contributed by atoms with Crippen LogP contribution in [-0.4, -0.2) is 31.8 Å². The van der Waals surface area contributed by atoms with Crippen LogP contribution >= 0.6 is 51.2 Å². The Morgan fingerprint density at radius 2 is 2.15 bits per heavy atom. The monoisotopic (exact) mass is 475 g/mol. The Bertz CT molecular complexity index is 424. The minimum Gasteiger partial charge on any atom is -0.377 e. The average Bonchev–Trinajstić information content (AvgIpc) is 2.79. The summed E-state index contributed by atoms with van der Waals surface area (Å²) >= 11 is 5.15. The number of hydrogen-bond acceptors (Lipinski definition) is 3. The van der Waals surface area contributed by atoms with Gasteiger partial charge in [-0.25, -0.2) is 4.99 Å². The predicted molar refractivity (Wildman–Crippen MR) is 101 cm³/mol. The van der Waals surface area contributed by atoms with Crippen molar-refractivity contribution < 1.29 is 4.74 Å². The number of hydrogen-bond donors (Lipinski definition) is 2. The van der Waals surface area contributed by atoms with Gasteiger partial charge in [0.2, 0.25) is 0 Å². The number of halogens is 2. The molecule has 0 saturated heterocycles. The van der Waals surface area contributed by atoms with Crippen LogP contribution in [0.2, 0.25) is 0 Å². The number of thiophene rings is 1. The maximum atomic E-state index is 5.38. The molecule has 0 radical (unpaired) electrons. The van der Waals surface area contributed by atoms with Crippen LogP contribution in [0.4, 0.5) is 0 Å². The summed E-state index contributed by atoms with van der Waals surface area (Å²) in [5.41, 5.74) is -0.206. The highest BCUT2D eigenvalue weighted by molar-refractivity contribution is 14.0. The molecule has 7 heteroatoms. The normalized spacial score (nSPS) is 11.9. The zero-order valence-corrected chi connectivity index (χ0v) is 17.1. The van der Waals surface area contributed by atoms with Gasteiger partial charge in [-0.2, -0.15) is 0 Å². The maximum Gasteiger partial charge on any atom is 0.191 e. The largest absolute Gasteiger partial charge is 0.377 e. The maximum absolute atomic E-state index is 5.38. The summed E-state index contributed by atoms with van der Waals surface area (Å²) in [6, 6.07) is 2.09. The summed E-state index contributed by atoms with van der Waals surface area (Å²) in [6.07, 6.45) is 0. The number of nitrogens with one attached hydrogen (secondary N) is 2. The van der Waals surface area contributed by atoms with Gasteiger partial charge in [-0.3, -0.25) is 0 Å². The van der Waals surface area contributed by atoms with Gasteiger partial charge in [-0.15, -0.1) is 35.3 Å². The Balaban J connectivity index is 0.00000361. The first-order chi connectivity index (χ1) is 8.96. The Morgan fingerprint density at radius 3 is 2.65 bits per heavy atom. The first kappa shape index (κ1) is 20.1. The Morgan fingerprint density at radius 1 is 1.45 bits per heavy atom. The molecule has 1 heterocycles. The van der Waals surface area contributed by atoms with Gasteiger partial charge in [0.25, 0.3) is 0 Å². The molecule has 116 valence electrons. The topological polar surface area (TPSA) is 45.7 Å². The minimum atomic E-state index is -0.206. The van der Waals surface area contributed by atoms with Gasteiger partial charge in [0.1, 0.15) is 0 Å². The van der Waals surface area contributed by atoms with E-state index in [4.69, 9.17) is 4.74 Å². The number of guanidine groups is 1. The van der Waals surface area contributed by atoms with Gasteiger partial charge in [-0.05, 0) is 42.8 Å². The summed E-state index contributed by atoms with van der Waals surface area (Å²) in [7, 11) is 1.72. The van der Waals surface area contributed by atoms with Gasteiger partial charge in [0.05, 0.1) is 12.1 Å². The van der Waals surface area contributed by atoms with E-state index in [0.29, 0.717) is 13.1 Å². The zero-order valence-electron chi connectivity index (χ0n) is 12.3. The average molecular weight is 476 g/mol. The quantitative estimate of drug-likeness (QED) is 0.375. The van der Waals surface area contributed by atoms with Gasteiger partial charge in [0, 0.05) is 34.9 Å². The molecule has 0 fully saturated rings. The van der Waals surface area contributed by atoms with Crippen LogP contribution in [0.15, 0.2) is 20.9 Å². The lowest BCUT2D eigenvalue weighted by molar-refractivity contribution is 0.0268. The molecule has 0 aliphatic rings. The van der Waals surface area contributed by atoms with Crippen LogP contribution in [-0.2, 0) is 11.3 Å². The van der Waals surface area contributed by atoms with E-state index in [1.165, 1.54) is 4.88 Å². The lowest BCUT2D eigenvalue weighted by atomic mass is 10.1. The molecule has 1 aromatic heterocycles. The van der Waals surface area contributed by atoms with Gasteiger partial charge in [0.15, 0.2) is 5.96 Å². The highest BCUT2D eigenvalue weighted by Gasteiger charge is 2.16. The first-order valence-corrected chi connectivity index (χ1v) is 7.94. The molecule has 0 saturated carbocycles. The van der Waals surface area contributed by atoms with Crippen molar-refractivity contribution in [2.24, 2.45) is 4.99 Å². The number of nitrogens with zero attached hydrogens (tertiary/aromatic N) is 1. The van der Waals surface area contributed by atoms with Crippen molar-refractivity contribution in [1.82, 2.24) is 10.6 Å². The van der Waals surface area contributed by atoms with Crippen LogP contribution in [0.1, 0.15) is 25.6 Å². The molecule has 1 rings (SSSR count). The molecule has 0 aliphatic carbocycles. The number of rotatable bonds is 6. The molecular formula is C13H23BrIN3OS. The Hall–Kier alpha value is 0.140. The minimum absolute atomic E-state index is 0. The third-order valence-electron chi connectivity index (χ3n) is 2.59. The van der Waals surface area contributed by atoms with Crippen LogP contribution in [0.25, 0.3) is 0 Å². The van der Waals surface area contributed by atoms with Crippen LogP contribution in [0, 0.1) is 0 Å². The zero-order chi connectivity index (χ0) is 14.3. The SMILES string of the molecule is CCNC(=NCc1cc(Br)cs1)NCC(C)(C)OC.I. The summed E-state index contributed by atoms with van der Waals surface area (Å²) in [5, 5.41) is 8.60. The van der Waals surface area contributed by atoms with Crippen molar-refractivity contribution in [1.29, 1.82) is 0 Å². The molecule has 2 N–H and O–H groups in total. The second kappa shape index (κ2) is 9.97. The van der Waals surface area contributed by atoms with Gasteiger partial charge >= 0.3 is 0 Å². The van der Waals surface area contributed by atoms with E-state index in [1.807, 2.05) is 13.8 Å². The smallest absolute Gasteiger partial charge is 0.191 e. The second-order valence-electron chi connectivity index (χ2n) is 4.74. The molecule has 0 bridgehead atoms. The van der Waals surface area contributed by atoms with E-state index in [2.05, 4.69) is 49.9 Å². The van der Waals surface area contributed by atoms with Crippen LogP contribution < -0.4 is 10.6 Å². The van der Waals surface area contributed by atoms with E-state index in [-0.39, 0.29) is 29.6 Å². The third-order valence-corrected chi connectivity index (χ3v) is 4.28. The molecule has 0 unspecified atom stereocenters. The van der Waals surface area contributed by atoms with E-state index < -0.39 is 0 Å². The fraction of sp³-hybridized carbons (Fsp3) is 0.615. The van der Waals surface area contributed by atoms with Crippen molar-refractivity contribution >= 4 is 57.2 Å². The lowest BCUT2D eigenvalue weighted by Crippen LogP contribution is -2.45. The van der Waals surface area contributed by atoms with Gasteiger partial charge < -0.3 is 15.4 Å². The first-order valence-electron chi connectivity index (χ1n) is 6.27. The van der Waals surface area contributed by atoms with Crippen molar-refractivity contribution in [3.8, 4) is 0 Å². The van der Waals surface area contributed by atoms with Crippen LogP contribution in [0.3, 0.4) is 0 Å². The molecule has 0 amide bonds. The van der Waals surface area contributed by atoms with E-state index in [9.17, 15) is 0 Å². The van der Waals surface area contributed by atoms with Crippen molar-refractivity contribution in [3.63, 3.8) is 0 Å². The van der Waals surface area contributed by atoms with Crippen molar-refractivity contribution in [2.75, 3.05) is 20.2 Å². The number of ether oxygens (including phenoxy) is 1. The van der Waals surface area contributed by atoms with Crippen molar-refractivity contribution in [3.05, 3.63) is 20.8 Å². The molecule has 1 aromatic rings. The predicted octanol–water partition coefficient (Wildman–Crippen LogP) is 3.61. The molecule has 0 atom stereocenters. The van der Waals surface area contributed by atoms with Crippen molar-refractivity contribution in [2.45, 2.75) is 32.9 Å². The summed E-state index contributed by atoms with van der Waals surface area (Å²) in [6.45, 7) is 8.37. The molecule has 4 nitrogen and oxygen atoms in total. The van der Waals surface area contributed by atoms with Gasteiger partial charge in [-0.1, -0.05) is 0 Å². The standard InChI is InChI=1S/C13H22BrN3OS.HI/c1-5-15-12(17-9-13(2,3)18-4)16-7-11-6-10(14)8-19-11;/h6,8H,5,7,9H2,1-4H3,(H2,15,16,17);1H. The Labute approximate surface area is 150 Å². The molecule has 0 spiro atoms. The lowest BCUT2D eigenvalue weighted by Gasteiger charge is -2.24. The Kier molecular flexibility index (Phi) is 10.0. The molecule has 0 aromatic carbocycles. The summed E-state index contributed by atoms with van der Waals surface area (Å²) in [4.78, 5) is 5.79. The number of aliphatic imine (C=N–C) groups is 1. The fourth-order valence-electron chi connectivity index (χ4n) is 1.30. The second-order valence-corrected chi connectivity index (χ2v) is 6.66. The summed E-state index contributed by atoms with van der Waals surface area (Å²) in [5.74, 6) is 0.817. The van der Waals surface area contributed by atoms with Crippen LogP contribution in [0.5, 0.6) is 0 Å². The molecular weight excluding hydrogens is 453 g/mol. The number of methoxy groups -OCH3 is 1. The van der Waals surface area contributed by atoms with E-state index >= 15 is 0 Å². The third kappa shape index (κ3) is 7.80. The molecule has 0 aliphatic heterocycles. The highest BCUT2D eigenvalue weighted by atomic mass is 127. The fourth-order valence-corrected chi connectivity index (χ4v) is 2.68. The van der Waals surface area contributed by atoms with E-state index in [1.54, 1.807) is 18.4 Å². The summed E-state index contributed by atoms with van der Waals surface area (Å²) < 4.78 is 6.50. The highest BCUT2D eigenvalue weighted by Crippen LogP contribution is 2.20. The van der Waals surface area contributed by atoms with E-state index in [0.717, 1.165) is 17.0 Å². The molecule has 20 heavy (non-hydrogen) atoms.